The minimum atomic E-state index is -0.533. The van der Waals surface area contributed by atoms with E-state index < -0.39 is 5.41 Å². The van der Waals surface area contributed by atoms with Crippen LogP contribution in [0.4, 0.5) is 5.69 Å². The zero-order chi connectivity index (χ0) is 31.1. The van der Waals surface area contributed by atoms with Crippen LogP contribution in [-0.4, -0.2) is 62.2 Å². The van der Waals surface area contributed by atoms with Gasteiger partial charge in [-0.3, -0.25) is 19.4 Å². The largest absolute Gasteiger partial charge is 0.337 e. The maximum atomic E-state index is 13.9. The standard InChI is InChI=1S/C34H44N6O3/c1-5-7-10-17-37-25-38-31(41)21-29-20-30(14-13-26(29)6-2)39-32(42)24-40(33(43)34(3)15-18-36-19-16-34)23-28-12-9-8-11-27(28)22-35-4/h1,7-14,17,20,35-36H,6,15-16,18-19,21-25H2,2-4H3,(H,38,41)(H,39,42)/b10-7-,37-17?. The Morgan fingerprint density at radius 1 is 1.07 bits per heavy atom. The second-order valence-corrected chi connectivity index (χ2v) is 10.9. The molecule has 3 amide bonds. The highest BCUT2D eigenvalue weighted by Crippen LogP contribution is 2.31. The molecule has 1 saturated heterocycles. The van der Waals surface area contributed by atoms with E-state index in [0.29, 0.717) is 18.8 Å². The van der Waals surface area contributed by atoms with Crippen LogP contribution in [0.5, 0.6) is 0 Å². The maximum absolute atomic E-state index is 13.9. The van der Waals surface area contributed by atoms with Gasteiger partial charge in [-0.2, -0.15) is 0 Å². The normalized spacial score (nSPS) is 14.4. The lowest BCUT2D eigenvalue weighted by molar-refractivity contribution is -0.145. The van der Waals surface area contributed by atoms with E-state index in [1.54, 1.807) is 11.0 Å². The summed E-state index contributed by atoms with van der Waals surface area (Å²) in [6.07, 6.45) is 12.2. The lowest BCUT2D eigenvalue weighted by Gasteiger charge is -2.37. The highest BCUT2D eigenvalue weighted by molar-refractivity contribution is 5.95. The minimum absolute atomic E-state index is 0.0143. The summed E-state index contributed by atoms with van der Waals surface area (Å²) < 4.78 is 0. The van der Waals surface area contributed by atoms with Crippen molar-refractivity contribution in [1.82, 2.24) is 20.9 Å². The zero-order valence-corrected chi connectivity index (χ0v) is 25.5. The van der Waals surface area contributed by atoms with Gasteiger partial charge in [-0.25, -0.2) is 0 Å². The molecule has 2 aromatic rings. The van der Waals surface area contributed by atoms with Crippen LogP contribution < -0.4 is 21.3 Å². The van der Waals surface area contributed by atoms with E-state index in [1.165, 1.54) is 12.3 Å². The Hall–Kier alpha value is -4.26. The fourth-order valence-corrected chi connectivity index (χ4v) is 5.22. The monoisotopic (exact) mass is 584 g/mol. The van der Waals surface area contributed by atoms with E-state index in [9.17, 15) is 14.4 Å². The molecule has 0 radical (unpaired) electrons. The van der Waals surface area contributed by atoms with Gasteiger partial charge in [0, 0.05) is 30.4 Å². The van der Waals surface area contributed by atoms with Crippen molar-refractivity contribution in [2.24, 2.45) is 10.4 Å². The Labute approximate surface area is 255 Å². The summed E-state index contributed by atoms with van der Waals surface area (Å²) in [4.78, 5) is 45.7. The average Bonchev–Trinajstić information content (AvgIpc) is 3.00. The van der Waals surface area contributed by atoms with Gasteiger partial charge in [0.2, 0.25) is 17.7 Å². The van der Waals surface area contributed by atoms with Gasteiger partial charge in [-0.15, -0.1) is 6.42 Å². The number of terminal acetylenes is 1. The van der Waals surface area contributed by atoms with E-state index in [0.717, 1.165) is 54.6 Å². The molecule has 2 aromatic carbocycles. The fourth-order valence-electron chi connectivity index (χ4n) is 5.22. The van der Waals surface area contributed by atoms with E-state index in [2.05, 4.69) is 32.2 Å². The first-order valence-electron chi connectivity index (χ1n) is 14.8. The van der Waals surface area contributed by atoms with Crippen molar-refractivity contribution in [2.75, 3.05) is 38.7 Å². The summed E-state index contributed by atoms with van der Waals surface area (Å²) in [5.74, 6) is 1.89. The van der Waals surface area contributed by atoms with Crippen LogP contribution in [0.15, 0.2) is 59.6 Å². The van der Waals surface area contributed by atoms with Crippen molar-refractivity contribution < 1.29 is 14.4 Å². The molecule has 43 heavy (non-hydrogen) atoms. The van der Waals surface area contributed by atoms with Crippen LogP contribution in [0.1, 0.15) is 48.9 Å². The SMILES string of the molecule is C#C/C=C\C=NCNC(=O)Cc1cc(NC(=O)CN(Cc2ccccc2CNC)C(=O)C2(C)CCNCC2)ccc1CC. The van der Waals surface area contributed by atoms with Gasteiger partial charge in [-0.1, -0.05) is 50.1 Å². The van der Waals surface area contributed by atoms with E-state index >= 15 is 0 Å². The van der Waals surface area contributed by atoms with E-state index in [4.69, 9.17) is 6.42 Å². The molecule has 228 valence electrons. The van der Waals surface area contributed by atoms with Gasteiger partial charge >= 0.3 is 0 Å². The van der Waals surface area contributed by atoms with Gasteiger partial charge in [0.25, 0.3) is 0 Å². The molecule has 0 aliphatic carbocycles. The van der Waals surface area contributed by atoms with Crippen LogP contribution in [0.25, 0.3) is 0 Å². The number of aryl methyl sites for hydroxylation is 1. The molecule has 1 aliphatic rings. The molecule has 0 unspecified atom stereocenters. The summed E-state index contributed by atoms with van der Waals surface area (Å²) in [6, 6.07) is 13.6. The summed E-state index contributed by atoms with van der Waals surface area (Å²) in [5.41, 5.74) is 3.99. The average molecular weight is 585 g/mol. The van der Waals surface area contributed by atoms with Crippen molar-refractivity contribution in [2.45, 2.75) is 52.6 Å². The summed E-state index contributed by atoms with van der Waals surface area (Å²) in [5, 5.41) is 12.2. The van der Waals surface area contributed by atoms with Crippen LogP contribution in [-0.2, 0) is 40.3 Å². The van der Waals surface area contributed by atoms with Crippen molar-refractivity contribution >= 4 is 29.6 Å². The number of nitrogens with zero attached hydrogens (tertiary/aromatic N) is 2. The number of nitrogens with one attached hydrogen (secondary N) is 4. The van der Waals surface area contributed by atoms with Crippen molar-refractivity contribution in [3.63, 3.8) is 0 Å². The number of amides is 3. The van der Waals surface area contributed by atoms with Crippen LogP contribution in [0.3, 0.4) is 0 Å². The second-order valence-electron chi connectivity index (χ2n) is 10.9. The number of aliphatic imine (C=N–C) groups is 1. The molecule has 0 atom stereocenters. The Kier molecular flexibility index (Phi) is 13.1. The van der Waals surface area contributed by atoms with Gasteiger partial charge in [-0.05, 0) is 85.9 Å². The molecule has 9 nitrogen and oxygen atoms in total. The Morgan fingerprint density at radius 3 is 2.51 bits per heavy atom. The van der Waals surface area contributed by atoms with Crippen LogP contribution >= 0.6 is 0 Å². The lowest BCUT2D eigenvalue weighted by Crippen LogP contribution is -2.49. The third kappa shape index (κ3) is 10.2. The molecule has 1 heterocycles. The van der Waals surface area contributed by atoms with Crippen molar-refractivity contribution in [1.29, 1.82) is 0 Å². The van der Waals surface area contributed by atoms with Gasteiger partial charge in [0.1, 0.15) is 13.2 Å². The van der Waals surface area contributed by atoms with Crippen molar-refractivity contribution in [3.05, 3.63) is 76.9 Å². The number of hydrogen-bond donors (Lipinski definition) is 4. The number of anilines is 1. The molecule has 1 aliphatic heterocycles. The summed E-state index contributed by atoms with van der Waals surface area (Å²) in [6.45, 7) is 6.64. The predicted octanol–water partition coefficient (Wildman–Crippen LogP) is 3.20. The first-order chi connectivity index (χ1) is 20.8. The van der Waals surface area contributed by atoms with E-state index in [1.807, 2.05) is 63.4 Å². The first-order valence-corrected chi connectivity index (χ1v) is 14.8. The molecule has 0 saturated carbocycles. The molecular formula is C34H44N6O3. The molecule has 0 spiro atoms. The Bertz CT molecular complexity index is 1350. The number of benzene rings is 2. The number of allylic oxidation sites excluding steroid dienone is 2. The minimum Gasteiger partial charge on any atom is -0.337 e. The Balaban J connectivity index is 1.74. The second kappa shape index (κ2) is 17.0. The molecule has 1 fully saturated rings. The third-order valence-electron chi connectivity index (χ3n) is 7.67. The fraction of sp³-hybridized carbons (Fsp3) is 0.412. The third-order valence-corrected chi connectivity index (χ3v) is 7.67. The molecule has 0 bridgehead atoms. The number of carbonyl (C=O) groups is 3. The predicted molar refractivity (Wildman–Crippen MR) is 172 cm³/mol. The van der Waals surface area contributed by atoms with Gasteiger partial charge in [0.15, 0.2) is 0 Å². The number of rotatable bonds is 14. The molecule has 4 N–H and O–H groups in total. The number of carbonyl (C=O) groups excluding carboxylic acids is 3. The number of piperidine rings is 1. The molecule has 9 heteroatoms. The van der Waals surface area contributed by atoms with Crippen LogP contribution in [0.2, 0.25) is 0 Å². The highest BCUT2D eigenvalue weighted by atomic mass is 16.2. The summed E-state index contributed by atoms with van der Waals surface area (Å²) >= 11 is 0. The smallest absolute Gasteiger partial charge is 0.244 e. The van der Waals surface area contributed by atoms with Gasteiger partial charge < -0.3 is 26.2 Å². The Morgan fingerprint density at radius 2 is 1.81 bits per heavy atom. The summed E-state index contributed by atoms with van der Waals surface area (Å²) in [7, 11) is 1.89. The van der Waals surface area contributed by atoms with E-state index in [-0.39, 0.29) is 37.4 Å². The van der Waals surface area contributed by atoms with Gasteiger partial charge in [0.05, 0.1) is 6.42 Å². The molecular weight excluding hydrogens is 540 g/mol. The molecule has 0 aromatic heterocycles. The van der Waals surface area contributed by atoms with Crippen LogP contribution in [0, 0.1) is 17.8 Å². The maximum Gasteiger partial charge on any atom is 0.244 e. The lowest BCUT2D eigenvalue weighted by atomic mass is 9.79. The topological polar surface area (TPSA) is 115 Å². The highest BCUT2D eigenvalue weighted by Gasteiger charge is 2.38. The first kappa shape index (κ1) is 33.2. The van der Waals surface area contributed by atoms with Crippen molar-refractivity contribution in [3.8, 4) is 12.3 Å². The molecule has 3 rings (SSSR count). The zero-order valence-electron chi connectivity index (χ0n) is 25.5. The number of hydrogen-bond acceptors (Lipinski definition) is 6. The quantitative estimate of drug-likeness (QED) is 0.201.